The average molecular weight is 399 g/mol. The Morgan fingerprint density at radius 2 is 2.04 bits per heavy atom. The quantitative estimate of drug-likeness (QED) is 0.738. The van der Waals surface area contributed by atoms with Gasteiger partial charge in [-0.3, -0.25) is 4.98 Å². The molecule has 5 nitrogen and oxygen atoms in total. The van der Waals surface area contributed by atoms with Gasteiger partial charge in [0, 0.05) is 37.3 Å². The smallest absolute Gasteiger partial charge is 0.170 e. The van der Waals surface area contributed by atoms with Gasteiger partial charge in [0.15, 0.2) is 5.11 Å². The molecule has 1 aliphatic heterocycles. The molecule has 2 aliphatic rings. The molecule has 0 spiro atoms. The van der Waals surface area contributed by atoms with Gasteiger partial charge >= 0.3 is 0 Å². The molecule has 2 aromatic rings. The highest BCUT2D eigenvalue weighted by Crippen LogP contribution is 2.42. The second kappa shape index (κ2) is 8.21. The van der Waals surface area contributed by atoms with Crippen molar-refractivity contribution in [3.05, 3.63) is 53.1 Å². The molecule has 2 fully saturated rings. The molecular formula is C22H30N4OS. The van der Waals surface area contributed by atoms with Crippen LogP contribution in [0, 0.1) is 13.8 Å². The molecule has 1 saturated heterocycles. The van der Waals surface area contributed by atoms with E-state index in [1.807, 2.05) is 18.3 Å². The first-order chi connectivity index (χ1) is 13.6. The number of nitrogens with zero attached hydrogens (tertiary/aromatic N) is 3. The Labute approximate surface area is 173 Å². The zero-order valence-electron chi connectivity index (χ0n) is 17.0. The number of thiocarbonyl (C=S) groups is 1. The van der Waals surface area contributed by atoms with Crippen molar-refractivity contribution in [1.29, 1.82) is 0 Å². The fourth-order valence-corrected chi connectivity index (χ4v) is 5.33. The molecule has 150 valence electrons. The van der Waals surface area contributed by atoms with E-state index in [1.165, 1.54) is 42.6 Å². The first-order valence-electron chi connectivity index (χ1n) is 10.3. The van der Waals surface area contributed by atoms with E-state index in [0.717, 1.165) is 17.4 Å². The summed E-state index contributed by atoms with van der Waals surface area (Å²) >= 11 is 5.72. The largest absolute Gasteiger partial charge is 0.383 e. The maximum absolute atomic E-state index is 5.72. The van der Waals surface area contributed by atoms with Crippen molar-refractivity contribution in [2.75, 3.05) is 20.3 Å². The maximum Gasteiger partial charge on any atom is 0.170 e. The summed E-state index contributed by atoms with van der Waals surface area (Å²) in [5.74, 6) is 0. The van der Waals surface area contributed by atoms with Crippen LogP contribution in [-0.2, 0) is 4.74 Å². The van der Waals surface area contributed by atoms with Crippen LogP contribution in [-0.4, -0.2) is 39.8 Å². The van der Waals surface area contributed by atoms with Crippen LogP contribution in [0.3, 0.4) is 0 Å². The molecule has 0 aromatic carbocycles. The van der Waals surface area contributed by atoms with Gasteiger partial charge in [-0.25, -0.2) is 0 Å². The van der Waals surface area contributed by atoms with Crippen LogP contribution in [0.25, 0.3) is 0 Å². The summed E-state index contributed by atoms with van der Waals surface area (Å²) in [6.45, 7) is 5.93. The summed E-state index contributed by atoms with van der Waals surface area (Å²) in [5.41, 5.74) is 5.09. The Kier molecular flexibility index (Phi) is 5.69. The molecule has 0 radical (unpaired) electrons. The normalized spacial score (nSPS) is 22.8. The highest BCUT2D eigenvalue weighted by atomic mass is 32.1. The van der Waals surface area contributed by atoms with Crippen molar-refractivity contribution < 1.29 is 4.74 Å². The minimum Gasteiger partial charge on any atom is -0.383 e. The molecule has 3 heterocycles. The van der Waals surface area contributed by atoms with E-state index < -0.39 is 0 Å². The Morgan fingerprint density at radius 3 is 2.71 bits per heavy atom. The molecule has 2 aromatic heterocycles. The van der Waals surface area contributed by atoms with E-state index in [2.05, 4.69) is 45.7 Å². The summed E-state index contributed by atoms with van der Waals surface area (Å²) in [6, 6.07) is 9.26. The minimum atomic E-state index is 0.0445. The minimum absolute atomic E-state index is 0.0445. The highest BCUT2D eigenvalue weighted by molar-refractivity contribution is 7.80. The van der Waals surface area contributed by atoms with Crippen molar-refractivity contribution in [2.24, 2.45) is 0 Å². The molecule has 1 N–H and O–H groups in total. The van der Waals surface area contributed by atoms with Gasteiger partial charge in [-0.1, -0.05) is 18.9 Å². The third-order valence-electron chi connectivity index (χ3n) is 6.27. The number of rotatable bonds is 6. The lowest BCUT2D eigenvalue weighted by Crippen LogP contribution is -2.32. The number of pyridine rings is 1. The van der Waals surface area contributed by atoms with Gasteiger partial charge in [-0.05, 0) is 62.7 Å². The van der Waals surface area contributed by atoms with Crippen LogP contribution < -0.4 is 5.32 Å². The lowest BCUT2D eigenvalue weighted by atomic mass is 9.96. The standard InChI is InChI=1S/C22H30N4OS/c1-15-14-18(16(2)26(15)17-8-4-5-9-17)21-20(19-10-6-7-11-23-19)24-22(28)25(21)12-13-27-3/h6-7,10-11,14,17,20-21H,4-5,8-9,12-13H2,1-3H3,(H,24,28)/t20-,21+/m1/s1. The molecule has 28 heavy (non-hydrogen) atoms. The van der Waals surface area contributed by atoms with E-state index in [0.29, 0.717) is 12.6 Å². The van der Waals surface area contributed by atoms with Gasteiger partial charge in [0.05, 0.1) is 24.4 Å². The van der Waals surface area contributed by atoms with Crippen LogP contribution in [0.15, 0.2) is 30.5 Å². The van der Waals surface area contributed by atoms with Gasteiger partial charge in [-0.2, -0.15) is 0 Å². The summed E-state index contributed by atoms with van der Waals surface area (Å²) in [5, 5.41) is 4.31. The van der Waals surface area contributed by atoms with Crippen LogP contribution in [0.4, 0.5) is 0 Å². The van der Waals surface area contributed by atoms with E-state index in [-0.39, 0.29) is 12.1 Å². The van der Waals surface area contributed by atoms with Crippen LogP contribution in [0.5, 0.6) is 0 Å². The molecular weight excluding hydrogens is 368 g/mol. The highest BCUT2D eigenvalue weighted by Gasteiger charge is 2.41. The van der Waals surface area contributed by atoms with Crippen LogP contribution in [0.2, 0.25) is 0 Å². The molecule has 4 rings (SSSR count). The number of aromatic nitrogens is 2. The zero-order valence-corrected chi connectivity index (χ0v) is 17.8. The van der Waals surface area contributed by atoms with E-state index in [9.17, 15) is 0 Å². The first-order valence-corrected chi connectivity index (χ1v) is 10.7. The van der Waals surface area contributed by atoms with Crippen LogP contribution >= 0.6 is 12.2 Å². The van der Waals surface area contributed by atoms with Crippen molar-refractivity contribution in [1.82, 2.24) is 19.8 Å². The number of ether oxygens (including phenoxy) is 1. The van der Waals surface area contributed by atoms with E-state index in [4.69, 9.17) is 17.0 Å². The molecule has 6 heteroatoms. The summed E-state index contributed by atoms with van der Waals surface area (Å²) in [4.78, 5) is 6.91. The fraction of sp³-hybridized carbons (Fsp3) is 0.545. The van der Waals surface area contributed by atoms with E-state index in [1.54, 1.807) is 7.11 Å². The third kappa shape index (κ3) is 3.44. The second-order valence-corrected chi connectivity index (χ2v) is 8.33. The average Bonchev–Trinajstić information content (AvgIpc) is 3.39. The number of hydrogen-bond acceptors (Lipinski definition) is 3. The Bertz CT molecular complexity index is 829. The van der Waals surface area contributed by atoms with Crippen molar-refractivity contribution >= 4 is 17.3 Å². The Morgan fingerprint density at radius 1 is 1.25 bits per heavy atom. The van der Waals surface area contributed by atoms with Gasteiger partial charge in [0.25, 0.3) is 0 Å². The van der Waals surface area contributed by atoms with E-state index >= 15 is 0 Å². The summed E-state index contributed by atoms with van der Waals surface area (Å²) in [6.07, 6.45) is 7.10. The van der Waals surface area contributed by atoms with Crippen LogP contribution in [0.1, 0.15) is 66.5 Å². The molecule has 0 unspecified atom stereocenters. The lowest BCUT2D eigenvalue weighted by molar-refractivity contribution is 0.164. The van der Waals surface area contributed by atoms with Gasteiger partial charge < -0.3 is 19.5 Å². The third-order valence-corrected chi connectivity index (χ3v) is 6.62. The maximum atomic E-state index is 5.72. The molecule has 2 atom stereocenters. The lowest BCUT2D eigenvalue weighted by Gasteiger charge is -2.28. The molecule has 1 aliphatic carbocycles. The Balaban J connectivity index is 1.76. The van der Waals surface area contributed by atoms with Crippen molar-refractivity contribution in [2.45, 2.75) is 57.7 Å². The van der Waals surface area contributed by atoms with Gasteiger partial charge in [0.2, 0.25) is 0 Å². The Hall–Kier alpha value is -1.92. The number of aryl methyl sites for hydroxylation is 1. The van der Waals surface area contributed by atoms with Gasteiger partial charge in [-0.15, -0.1) is 0 Å². The fourth-order valence-electron chi connectivity index (χ4n) is 5.00. The topological polar surface area (TPSA) is 42.3 Å². The first kappa shape index (κ1) is 19.4. The SMILES string of the molecule is COCCN1C(=S)N[C@H](c2ccccn2)[C@@H]1c1cc(C)n(C2CCCC2)c1C. The van der Waals surface area contributed by atoms with Crippen molar-refractivity contribution in [3.63, 3.8) is 0 Å². The number of nitrogens with one attached hydrogen (secondary N) is 1. The molecule has 1 saturated carbocycles. The molecule has 0 amide bonds. The second-order valence-electron chi connectivity index (χ2n) is 7.95. The number of hydrogen-bond donors (Lipinski definition) is 1. The zero-order chi connectivity index (χ0) is 19.7. The summed E-state index contributed by atoms with van der Waals surface area (Å²) < 4.78 is 7.93. The monoisotopic (exact) mass is 398 g/mol. The molecule has 0 bridgehead atoms. The predicted octanol–water partition coefficient (Wildman–Crippen LogP) is 4.23. The number of methoxy groups -OCH3 is 1. The predicted molar refractivity (Wildman–Crippen MR) is 115 cm³/mol. The summed E-state index contributed by atoms with van der Waals surface area (Å²) in [7, 11) is 1.74. The van der Waals surface area contributed by atoms with Crippen molar-refractivity contribution in [3.8, 4) is 0 Å². The van der Waals surface area contributed by atoms with Gasteiger partial charge in [0.1, 0.15) is 0 Å².